The van der Waals surface area contributed by atoms with E-state index in [0.29, 0.717) is 18.2 Å². The van der Waals surface area contributed by atoms with E-state index in [9.17, 15) is 43.9 Å². The van der Waals surface area contributed by atoms with Crippen LogP contribution in [-0.4, -0.2) is 0 Å². The SMILES string of the molecule is Cc1cc(C(F)(F)F)ccc1-c1c(F)c(F)c(C(F)(F)F)c(F)c1F. The molecule has 0 heterocycles. The second-order valence-corrected chi connectivity index (χ2v) is 5.03. The highest BCUT2D eigenvalue weighted by molar-refractivity contribution is 5.70. The van der Waals surface area contributed by atoms with Gasteiger partial charge in [0, 0.05) is 0 Å². The summed E-state index contributed by atoms with van der Waals surface area (Å²) in [5.74, 6) is -10.1. The molecule has 0 saturated heterocycles. The largest absolute Gasteiger partial charge is 0.422 e. The molecule has 0 aliphatic heterocycles. The molecule has 136 valence electrons. The molecule has 10 heteroatoms. The van der Waals surface area contributed by atoms with Gasteiger partial charge < -0.3 is 0 Å². The molecule has 0 radical (unpaired) electrons. The van der Waals surface area contributed by atoms with Crippen LogP contribution in [-0.2, 0) is 12.4 Å². The Balaban J connectivity index is 2.78. The van der Waals surface area contributed by atoms with Crippen LogP contribution in [0, 0.1) is 30.2 Å². The quantitative estimate of drug-likeness (QED) is 0.407. The first-order valence-corrected chi connectivity index (χ1v) is 6.38. The number of halogens is 10. The van der Waals surface area contributed by atoms with E-state index in [0.717, 1.165) is 6.92 Å². The average Bonchev–Trinajstić information content (AvgIpc) is 2.44. The van der Waals surface area contributed by atoms with Gasteiger partial charge in [0.1, 0.15) is 5.56 Å². The predicted octanol–water partition coefficient (Wildman–Crippen LogP) is 6.26. The minimum atomic E-state index is -5.70. The standard InChI is InChI=1S/C15H6F10/c1-5-4-6(14(20,21)22)2-3-7(5)8-10(16)12(18)9(15(23,24)25)13(19)11(8)17/h2-4H,1H3. The summed E-state index contributed by atoms with van der Waals surface area (Å²) in [4.78, 5) is 0. The Morgan fingerprint density at radius 3 is 1.52 bits per heavy atom. The van der Waals surface area contributed by atoms with E-state index < -0.39 is 63.4 Å². The molecule has 0 N–H and O–H groups in total. The van der Waals surface area contributed by atoms with Crippen LogP contribution in [0.4, 0.5) is 43.9 Å². The molecular formula is C15H6F10. The average molecular weight is 376 g/mol. The van der Waals surface area contributed by atoms with Crippen LogP contribution < -0.4 is 0 Å². The second-order valence-electron chi connectivity index (χ2n) is 5.03. The van der Waals surface area contributed by atoms with Gasteiger partial charge in [-0.25, -0.2) is 17.6 Å². The zero-order valence-corrected chi connectivity index (χ0v) is 12.0. The summed E-state index contributed by atoms with van der Waals surface area (Å²) in [6.07, 6.45) is -10.5. The molecule has 0 unspecified atom stereocenters. The van der Waals surface area contributed by atoms with Crippen LogP contribution in [0.15, 0.2) is 18.2 Å². The van der Waals surface area contributed by atoms with Crippen molar-refractivity contribution in [3.05, 3.63) is 58.2 Å². The highest BCUT2D eigenvalue weighted by Crippen LogP contribution is 2.41. The van der Waals surface area contributed by atoms with Crippen molar-refractivity contribution in [2.24, 2.45) is 0 Å². The van der Waals surface area contributed by atoms with Crippen molar-refractivity contribution in [2.75, 3.05) is 0 Å². The van der Waals surface area contributed by atoms with Gasteiger partial charge in [0.15, 0.2) is 23.3 Å². The van der Waals surface area contributed by atoms with Crippen molar-refractivity contribution >= 4 is 0 Å². The normalized spacial score (nSPS) is 12.6. The van der Waals surface area contributed by atoms with Gasteiger partial charge in [-0.15, -0.1) is 0 Å². The van der Waals surface area contributed by atoms with E-state index in [-0.39, 0.29) is 0 Å². The Bertz CT molecular complexity index is 801. The topological polar surface area (TPSA) is 0 Å². The molecule has 0 atom stereocenters. The third-order valence-electron chi connectivity index (χ3n) is 3.37. The summed E-state index contributed by atoms with van der Waals surface area (Å²) in [6.45, 7) is 0.955. The molecule has 2 aromatic rings. The molecule has 0 aliphatic carbocycles. The molecule has 0 aliphatic rings. The molecule has 25 heavy (non-hydrogen) atoms. The smallest absolute Gasteiger partial charge is 0.203 e. The van der Waals surface area contributed by atoms with Gasteiger partial charge in [-0.05, 0) is 30.2 Å². The predicted molar refractivity (Wildman–Crippen MR) is 66.5 cm³/mol. The number of alkyl halides is 6. The number of hydrogen-bond acceptors (Lipinski definition) is 0. The first-order valence-electron chi connectivity index (χ1n) is 6.38. The van der Waals surface area contributed by atoms with Crippen molar-refractivity contribution in [3.63, 3.8) is 0 Å². The first kappa shape index (κ1) is 19.1. The Morgan fingerprint density at radius 1 is 0.680 bits per heavy atom. The van der Waals surface area contributed by atoms with Crippen LogP contribution in [0.2, 0.25) is 0 Å². The minimum absolute atomic E-state index is 0.384. The fourth-order valence-electron chi connectivity index (χ4n) is 2.24. The van der Waals surface area contributed by atoms with Crippen molar-refractivity contribution < 1.29 is 43.9 Å². The number of hydrogen-bond donors (Lipinski definition) is 0. The van der Waals surface area contributed by atoms with Crippen LogP contribution in [0.1, 0.15) is 16.7 Å². The Morgan fingerprint density at radius 2 is 1.16 bits per heavy atom. The number of rotatable bonds is 1. The highest BCUT2D eigenvalue weighted by atomic mass is 19.4. The van der Waals surface area contributed by atoms with Gasteiger partial charge in [-0.3, -0.25) is 0 Å². The summed E-state index contributed by atoms with van der Waals surface area (Å²) in [7, 11) is 0. The van der Waals surface area contributed by atoms with Gasteiger partial charge in [0.2, 0.25) is 0 Å². The van der Waals surface area contributed by atoms with Crippen molar-refractivity contribution in [1.29, 1.82) is 0 Å². The van der Waals surface area contributed by atoms with Gasteiger partial charge in [-0.1, -0.05) is 6.07 Å². The van der Waals surface area contributed by atoms with Gasteiger partial charge in [-0.2, -0.15) is 26.3 Å². The second kappa shape index (κ2) is 5.92. The highest BCUT2D eigenvalue weighted by Gasteiger charge is 2.42. The lowest BCUT2D eigenvalue weighted by atomic mass is 9.95. The van der Waals surface area contributed by atoms with Crippen molar-refractivity contribution in [1.82, 2.24) is 0 Å². The van der Waals surface area contributed by atoms with E-state index >= 15 is 0 Å². The molecule has 0 spiro atoms. The monoisotopic (exact) mass is 376 g/mol. The third kappa shape index (κ3) is 3.29. The van der Waals surface area contributed by atoms with E-state index in [1.54, 1.807) is 0 Å². The molecule has 2 aromatic carbocycles. The molecule has 2 rings (SSSR count). The molecule has 0 amide bonds. The van der Waals surface area contributed by atoms with Gasteiger partial charge in [0.25, 0.3) is 0 Å². The molecule has 0 aromatic heterocycles. The van der Waals surface area contributed by atoms with Crippen LogP contribution in [0.5, 0.6) is 0 Å². The first-order chi connectivity index (χ1) is 11.3. The summed E-state index contributed by atoms with van der Waals surface area (Å²) >= 11 is 0. The maximum Gasteiger partial charge on any atom is 0.422 e. The van der Waals surface area contributed by atoms with E-state index in [1.165, 1.54) is 0 Å². The van der Waals surface area contributed by atoms with E-state index in [4.69, 9.17) is 0 Å². The van der Waals surface area contributed by atoms with Crippen LogP contribution in [0.25, 0.3) is 11.1 Å². The fourth-order valence-corrected chi connectivity index (χ4v) is 2.24. The summed E-state index contributed by atoms with van der Waals surface area (Å²) < 4.78 is 130. The summed E-state index contributed by atoms with van der Waals surface area (Å²) in [5, 5.41) is 0. The van der Waals surface area contributed by atoms with Crippen molar-refractivity contribution in [2.45, 2.75) is 19.3 Å². The van der Waals surface area contributed by atoms with Crippen LogP contribution >= 0.6 is 0 Å². The maximum atomic E-state index is 13.9. The zero-order valence-electron chi connectivity index (χ0n) is 12.0. The van der Waals surface area contributed by atoms with Gasteiger partial charge >= 0.3 is 12.4 Å². The lowest BCUT2D eigenvalue weighted by Gasteiger charge is -2.16. The fraction of sp³-hybridized carbons (Fsp3) is 0.200. The Labute approximate surface area is 133 Å². The van der Waals surface area contributed by atoms with Gasteiger partial charge in [0.05, 0.1) is 11.1 Å². The molecule has 0 bridgehead atoms. The third-order valence-corrected chi connectivity index (χ3v) is 3.37. The molecule has 0 saturated carbocycles. The van der Waals surface area contributed by atoms with Crippen molar-refractivity contribution in [3.8, 4) is 11.1 Å². The zero-order chi connectivity index (χ0) is 19.3. The number of benzene rings is 2. The lowest BCUT2D eigenvalue weighted by molar-refractivity contribution is -0.143. The Kier molecular flexibility index (Phi) is 4.52. The maximum absolute atomic E-state index is 13.9. The summed E-state index contributed by atoms with van der Waals surface area (Å²) in [5.41, 5.74) is -6.63. The molecular weight excluding hydrogens is 370 g/mol. The summed E-state index contributed by atoms with van der Waals surface area (Å²) in [6, 6.07) is 1.35. The minimum Gasteiger partial charge on any atom is -0.203 e. The number of aryl methyl sites for hydroxylation is 1. The lowest BCUT2D eigenvalue weighted by Crippen LogP contribution is -2.16. The van der Waals surface area contributed by atoms with E-state index in [1.807, 2.05) is 0 Å². The van der Waals surface area contributed by atoms with E-state index in [2.05, 4.69) is 0 Å². The molecule has 0 fully saturated rings. The van der Waals surface area contributed by atoms with Crippen LogP contribution in [0.3, 0.4) is 0 Å². The molecule has 0 nitrogen and oxygen atoms in total. The Hall–Kier alpha value is -2.26.